The summed E-state index contributed by atoms with van der Waals surface area (Å²) in [7, 11) is 0. The van der Waals surface area contributed by atoms with Gasteiger partial charge in [-0.2, -0.15) is 0 Å². The van der Waals surface area contributed by atoms with E-state index in [1.165, 1.54) is 32.4 Å². The Morgan fingerprint density at radius 1 is 1.00 bits per heavy atom. The van der Waals surface area contributed by atoms with Crippen LogP contribution in [0.2, 0.25) is 0 Å². The van der Waals surface area contributed by atoms with Gasteiger partial charge in [0, 0.05) is 6.04 Å². The van der Waals surface area contributed by atoms with E-state index < -0.39 is 0 Å². The van der Waals surface area contributed by atoms with E-state index in [-0.39, 0.29) is 5.56 Å². The predicted molar refractivity (Wildman–Crippen MR) is 115 cm³/mol. The van der Waals surface area contributed by atoms with Crippen molar-refractivity contribution in [2.24, 2.45) is 0 Å². The fourth-order valence-corrected chi connectivity index (χ4v) is 4.88. The van der Waals surface area contributed by atoms with E-state index in [9.17, 15) is 4.79 Å². The van der Waals surface area contributed by atoms with Crippen molar-refractivity contribution in [1.82, 2.24) is 14.5 Å². The third-order valence-corrected chi connectivity index (χ3v) is 6.35. The van der Waals surface area contributed by atoms with Crippen LogP contribution in [0.25, 0.3) is 16.6 Å². The second-order valence-corrected chi connectivity index (χ2v) is 8.26. The standard InChI is InChI=1S/C24H27N3O2/c1-17-25-23-7-3-2-6-22(23)24(28)27(17)18-8-11-20(12-9-18)29-21-13-10-19(16-21)26-14-4-5-15-26/h2-3,6-9,11-12,19,21H,4-5,10,13-16H2,1H3. The lowest BCUT2D eigenvalue weighted by molar-refractivity contribution is 0.183. The molecule has 0 spiro atoms. The van der Waals surface area contributed by atoms with Gasteiger partial charge in [0.25, 0.3) is 5.56 Å². The monoisotopic (exact) mass is 389 g/mol. The summed E-state index contributed by atoms with van der Waals surface area (Å²) in [6, 6.07) is 16.0. The van der Waals surface area contributed by atoms with Gasteiger partial charge in [0.2, 0.25) is 0 Å². The maximum Gasteiger partial charge on any atom is 0.265 e. The van der Waals surface area contributed by atoms with Crippen molar-refractivity contribution in [1.29, 1.82) is 0 Å². The van der Waals surface area contributed by atoms with Crippen molar-refractivity contribution in [2.45, 2.75) is 51.2 Å². The molecule has 0 bridgehead atoms. The molecule has 1 saturated heterocycles. The Morgan fingerprint density at radius 2 is 1.76 bits per heavy atom. The molecule has 2 heterocycles. The van der Waals surface area contributed by atoms with Crippen LogP contribution in [-0.2, 0) is 0 Å². The highest BCUT2D eigenvalue weighted by atomic mass is 16.5. The van der Waals surface area contributed by atoms with Crippen LogP contribution in [0.15, 0.2) is 53.3 Å². The van der Waals surface area contributed by atoms with E-state index in [0.717, 1.165) is 29.8 Å². The molecule has 1 aliphatic carbocycles. The molecule has 0 radical (unpaired) electrons. The topological polar surface area (TPSA) is 47.4 Å². The van der Waals surface area contributed by atoms with Crippen LogP contribution < -0.4 is 10.3 Å². The molecule has 5 heteroatoms. The van der Waals surface area contributed by atoms with Gasteiger partial charge in [-0.25, -0.2) is 4.98 Å². The number of nitrogens with zero attached hydrogens (tertiary/aromatic N) is 3. The summed E-state index contributed by atoms with van der Waals surface area (Å²) < 4.78 is 7.93. The zero-order chi connectivity index (χ0) is 19.8. The lowest BCUT2D eigenvalue weighted by Gasteiger charge is -2.23. The second kappa shape index (κ2) is 7.64. The number of hydrogen-bond donors (Lipinski definition) is 0. The molecule has 0 amide bonds. The highest BCUT2D eigenvalue weighted by Crippen LogP contribution is 2.30. The zero-order valence-corrected chi connectivity index (χ0v) is 16.9. The summed E-state index contributed by atoms with van der Waals surface area (Å²) in [5.74, 6) is 1.56. The fourth-order valence-electron chi connectivity index (χ4n) is 4.88. The van der Waals surface area contributed by atoms with Gasteiger partial charge in [0.1, 0.15) is 17.7 Å². The normalized spacial score (nSPS) is 22.4. The molecule has 2 atom stereocenters. The first kappa shape index (κ1) is 18.4. The van der Waals surface area contributed by atoms with E-state index in [2.05, 4.69) is 9.88 Å². The number of benzene rings is 2. The number of para-hydroxylation sites is 1. The molecule has 5 nitrogen and oxygen atoms in total. The Kier molecular flexibility index (Phi) is 4.84. The number of aromatic nitrogens is 2. The molecule has 1 aliphatic heterocycles. The molecule has 5 rings (SSSR count). The van der Waals surface area contributed by atoms with Crippen molar-refractivity contribution >= 4 is 10.9 Å². The first-order chi connectivity index (χ1) is 14.2. The van der Waals surface area contributed by atoms with Crippen LogP contribution in [0.1, 0.15) is 37.9 Å². The maximum absolute atomic E-state index is 13.0. The van der Waals surface area contributed by atoms with E-state index in [4.69, 9.17) is 4.74 Å². The number of rotatable bonds is 4. The van der Waals surface area contributed by atoms with Crippen LogP contribution in [0, 0.1) is 6.92 Å². The average molecular weight is 389 g/mol. The van der Waals surface area contributed by atoms with Crippen LogP contribution in [0.4, 0.5) is 0 Å². The highest BCUT2D eigenvalue weighted by molar-refractivity contribution is 5.77. The Morgan fingerprint density at radius 3 is 2.55 bits per heavy atom. The van der Waals surface area contributed by atoms with Gasteiger partial charge in [0.15, 0.2) is 0 Å². The smallest absolute Gasteiger partial charge is 0.265 e. The molecular formula is C24H27N3O2. The molecule has 29 heavy (non-hydrogen) atoms. The molecule has 1 saturated carbocycles. The Bertz CT molecular complexity index is 1070. The molecule has 2 aromatic carbocycles. The molecular weight excluding hydrogens is 362 g/mol. The van der Waals surface area contributed by atoms with Gasteiger partial charge in [-0.05, 0) is 88.5 Å². The van der Waals surface area contributed by atoms with Crippen molar-refractivity contribution in [3.8, 4) is 11.4 Å². The molecule has 1 aromatic heterocycles. The summed E-state index contributed by atoms with van der Waals surface area (Å²) in [4.78, 5) is 20.2. The Labute approximate surface area is 170 Å². The average Bonchev–Trinajstić information content (AvgIpc) is 3.41. The first-order valence-corrected chi connectivity index (χ1v) is 10.7. The number of aryl methyl sites for hydroxylation is 1. The predicted octanol–water partition coefficient (Wildman–Crippen LogP) is 4.09. The van der Waals surface area contributed by atoms with Gasteiger partial charge in [-0.1, -0.05) is 12.1 Å². The molecule has 2 aliphatic rings. The number of likely N-dealkylation sites (tertiary alicyclic amines) is 1. The van der Waals surface area contributed by atoms with E-state index in [1.807, 2.05) is 55.5 Å². The van der Waals surface area contributed by atoms with Gasteiger partial charge in [0.05, 0.1) is 16.6 Å². The van der Waals surface area contributed by atoms with Crippen LogP contribution >= 0.6 is 0 Å². The zero-order valence-electron chi connectivity index (χ0n) is 16.9. The molecule has 3 aromatic rings. The summed E-state index contributed by atoms with van der Waals surface area (Å²) in [6.07, 6.45) is 6.45. The third kappa shape index (κ3) is 3.55. The lowest BCUT2D eigenvalue weighted by Crippen LogP contribution is -2.31. The summed E-state index contributed by atoms with van der Waals surface area (Å²) >= 11 is 0. The van der Waals surface area contributed by atoms with Crippen molar-refractivity contribution < 1.29 is 4.74 Å². The van der Waals surface area contributed by atoms with Gasteiger partial charge < -0.3 is 9.64 Å². The SMILES string of the molecule is Cc1nc2ccccc2c(=O)n1-c1ccc(OC2CCC(N3CCCC3)C2)cc1. The van der Waals surface area contributed by atoms with Crippen LogP contribution in [0.5, 0.6) is 5.75 Å². The first-order valence-electron chi connectivity index (χ1n) is 10.7. The third-order valence-electron chi connectivity index (χ3n) is 6.35. The van der Waals surface area contributed by atoms with E-state index >= 15 is 0 Å². The fraction of sp³-hybridized carbons (Fsp3) is 0.417. The van der Waals surface area contributed by atoms with Gasteiger partial charge >= 0.3 is 0 Å². The number of ether oxygens (including phenoxy) is 1. The summed E-state index contributed by atoms with van der Waals surface area (Å²) in [5.41, 5.74) is 1.52. The van der Waals surface area contributed by atoms with Crippen molar-refractivity contribution in [3.05, 3.63) is 64.7 Å². The minimum absolute atomic E-state index is 0.0361. The lowest BCUT2D eigenvalue weighted by atomic mass is 10.2. The molecule has 2 fully saturated rings. The second-order valence-electron chi connectivity index (χ2n) is 8.26. The minimum Gasteiger partial charge on any atom is -0.490 e. The quantitative estimate of drug-likeness (QED) is 0.674. The van der Waals surface area contributed by atoms with Gasteiger partial charge in [-0.3, -0.25) is 9.36 Å². The Hall–Kier alpha value is -2.66. The van der Waals surface area contributed by atoms with Crippen LogP contribution in [0.3, 0.4) is 0 Å². The van der Waals surface area contributed by atoms with Gasteiger partial charge in [-0.15, -0.1) is 0 Å². The number of hydrogen-bond acceptors (Lipinski definition) is 4. The largest absolute Gasteiger partial charge is 0.490 e. The van der Waals surface area contributed by atoms with Crippen molar-refractivity contribution in [2.75, 3.05) is 13.1 Å². The molecule has 0 N–H and O–H groups in total. The van der Waals surface area contributed by atoms with E-state index in [1.54, 1.807) is 4.57 Å². The van der Waals surface area contributed by atoms with E-state index in [0.29, 0.717) is 23.4 Å². The molecule has 150 valence electrons. The maximum atomic E-state index is 13.0. The highest BCUT2D eigenvalue weighted by Gasteiger charge is 2.31. The van der Waals surface area contributed by atoms with Crippen molar-refractivity contribution in [3.63, 3.8) is 0 Å². The Balaban J connectivity index is 1.33. The van der Waals surface area contributed by atoms with Crippen LogP contribution in [-0.4, -0.2) is 39.7 Å². The number of fused-ring (bicyclic) bond motifs is 1. The molecule has 2 unspecified atom stereocenters. The minimum atomic E-state index is -0.0361. The summed E-state index contributed by atoms with van der Waals surface area (Å²) in [6.45, 7) is 4.37. The summed E-state index contributed by atoms with van der Waals surface area (Å²) in [5, 5.41) is 0.636.